The number of alkyl halides is 3. The molecule has 0 aliphatic rings. The lowest BCUT2D eigenvalue weighted by Crippen LogP contribution is -2.09. The molecule has 0 bridgehead atoms. The van der Waals surface area contributed by atoms with Gasteiger partial charge in [-0.25, -0.2) is 4.98 Å². The first-order chi connectivity index (χ1) is 7.54. The Kier molecular flexibility index (Phi) is 2.59. The fraction of sp³-hybridized carbons (Fsp3) is 0.300. The highest BCUT2D eigenvalue weighted by atomic mass is 19.4. The standard InChI is InChI=1S/C10H10F3N3/c11-10(12,13)7-2-1-5-16-8(7)6-15-9(16)3-4-14/h1-2,5-6H,3-4,14H2. The Morgan fingerprint density at radius 2 is 2.12 bits per heavy atom. The maximum atomic E-state index is 12.6. The van der Waals surface area contributed by atoms with Crippen molar-refractivity contribution in [2.24, 2.45) is 5.73 Å². The van der Waals surface area contributed by atoms with Crippen LogP contribution in [0, 0.1) is 0 Å². The van der Waals surface area contributed by atoms with Crippen LogP contribution >= 0.6 is 0 Å². The SMILES string of the molecule is NCCc1ncc2c(C(F)(F)F)cccn12. The normalized spacial score (nSPS) is 12.2. The smallest absolute Gasteiger partial charge is 0.330 e. The molecule has 0 radical (unpaired) electrons. The molecular weight excluding hydrogens is 219 g/mol. The second-order valence-electron chi connectivity index (χ2n) is 3.39. The van der Waals surface area contributed by atoms with Crippen LogP contribution in [0.2, 0.25) is 0 Å². The van der Waals surface area contributed by atoms with Crippen molar-refractivity contribution in [2.75, 3.05) is 6.54 Å². The maximum absolute atomic E-state index is 12.6. The van der Waals surface area contributed by atoms with Crippen molar-refractivity contribution < 1.29 is 13.2 Å². The van der Waals surface area contributed by atoms with Crippen molar-refractivity contribution in [1.29, 1.82) is 0 Å². The van der Waals surface area contributed by atoms with E-state index in [2.05, 4.69) is 4.98 Å². The second kappa shape index (κ2) is 3.79. The van der Waals surface area contributed by atoms with Crippen molar-refractivity contribution in [3.63, 3.8) is 0 Å². The van der Waals surface area contributed by atoms with E-state index in [9.17, 15) is 13.2 Å². The number of rotatable bonds is 2. The third-order valence-corrected chi connectivity index (χ3v) is 2.32. The second-order valence-corrected chi connectivity index (χ2v) is 3.39. The molecule has 0 amide bonds. The first-order valence-corrected chi connectivity index (χ1v) is 4.76. The molecule has 0 fully saturated rings. The minimum atomic E-state index is -4.36. The van der Waals surface area contributed by atoms with Gasteiger partial charge in [0.15, 0.2) is 0 Å². The zero-order valence-electron chi connectivity index (χ0n) is 8.33. The molecule has 2 aromatic heterocycles. The van der Waals surface area contributed by atoms with Gasteiger partial charge < -0.3 is 10.1 Å². The molecule has 0 saturated carbocycles. The molecule has 0 aliphatic carbocycles. The molecule has 0 aromatic carbocycles. The van der Waals surface area contributed by atoms with E-state index in [1.165, 1.54) is 16.7 Å². The molecule has 2 N–H and O–H groups in total. The summed E-state index contributed by atoms with van der Waals surface area (Å²) in [7, 11) is 0. The van der Waals surface area contributed by atoms with Crippen molar-refractivity contribution in [2.45, 2.75) is 12.6 Å². The summed E-state index contributed by atoms with van der Waals surface area (Å²) >= 11 is 0. The van der Waals surface area contributed by atoms with Gasteiger partial charge in [0.2, 0.25) is 0 Å². The lowest BCUT2D eigenvalue weighted by Gasteiger charge is -2.08. The van der Waals surface area contributed by atoms with Crippen LogP contribution in [-0.4, -0.2) is 15.9 Å². The summed E-state index contributed by atoms with van der Waals surface area (Å²) in [6.07, 6.45) is -1.12. The average Bonchev–Trinajstić information content (AvgIpc) is 2.61. The predicted octanol–water partition coefficient (Wildman–Crippen LogP) is 1.85. The number of fused-ring (bicyclic) bond motifs is 1. The Balaban J connectivity index is 2.62. The van der Waals surface area contributed by atoms with Crippen LogP contribution in [0.5, 0.6) is 0 Å². The summed E-state index contributed by atoms with van der Waals surface area (Å²) in [5, 5.41) is 0. The molecule has 0 atom stereocenters. The molecule has 0 aliphatic heterocycles. The number of imidazole rings is 1. The first kappa shape index (κ1) is 10.9. The van der Waals surface area contributed by atoms with Gasteiger partial charge in [-0.2, -0.15) is 13.2 Å². The van der Waals surface area contributed by atoms with Crippen LogP contribution < -0.4 is 5.73 Å². The van der Waals surface area contributed by atoms with E-state index in [-0.39, 0.29) is 5.52 Å². The molecule has 0 unspecified atom stereocenters. The highest BCUT2D eigenvalue weighted by molar-refractivity contribution is 5.55. The van der Waals surface area contributed by atoms with Crippen molar-refractivity contribution in [3.05, 3.63) is 35.9 Å². The molecule has 6 heteroatoms. The average molecular weight is 229 g/mol. The van der Waals surface area contributed by atoms with Crippen LogP contribution in [0.3, 0.4) is 0 Å². The highest BCUT2D eigenvalue weighted by Gasteiger charge is 2.33. The molecule has 2 rings (SSSR count). The quantitative estimate of drug-likeness (QED) is 0.854. The minimum absolute atomic E-state index is 0.0680. The Hall–Kier alpha value is -1.56. The lowest BCUT2D eigenvalue weighted by atomic mass is 10.2. The van der Waals surface area contributed by atoms with Crippen LogP contribution in [0.4, 0.5) is 13.2 Å². The van der Waals surface area contributed by atoms with Crippen LogP contribution in [0.25, 0.3) is 5.52 Å². The fourth-order valence-electron chi connectivity index (χ4n) is 1.63. The van der Waals surface area contributed by atoms with E-state index >= 15 is 0 Å². The summed E-state index contributed by atoms with van der Waals surface area (Å²) in [5.74, 6) is 0.545. The van der Waals surface area contributed by atoms with E-state index < -0.39 is 11.7 Å². The molecule has 16 heavy (non-hydrogen) atoms. The van der Waals surface area contributed by atoms with E-state index in [1.807, 2.05) is 0 Å². The summed E-state index contributed by atoms with van der Waals surface area (Å²) < 4.78 is 39.4. The third kappa shape index (κ3) is 1.76. The number of pyridine rings is 1. The van der Waals surface area contributed by atoms with Gasteiger partial charge in [-0.05, 0) is 18.7 Å². The first-order valence-electron chi connectivity index (χ1n) is 4.76. The number of nitrogens with zero attached hydrogens (tertiary/aromatic N) is 2. The maximum Gasteiger partial charge on any atom is 0.418 e. The Morgan fingerprint density at radius 3 is 2.75 bits per heavy atom. The van der Waals surface area contributed by atoms with Gasteiger partial charge >= 0.3 is 6.18 Å². The van der Waals surface area contributed by atoms with Gasteiger partial charge in [-0.1, -0.05) is 0 Å². The summed E-state index contributed by atoms with van der Waals surface area (Å²) in [6.45, 7) is 0.357. The number of nitrogens with two attached hydrogens (primary N) is 1. The number of hydrogen-bond donors (Lipinski definition) is 1. The fourth-order valence-corrected chi connectivity index (χ4v) is 1.63. The molecular formula is C10H10F3N3. The van der Waals surface area contributed by atoms with Crippen LogP contribution in [0.15, 0.2) is 24.5 Å². The molecule has 3 nitrogen and oxygen atoms in total. The monoisotopic (exact) mass is 229 g/mol. The number of halogens is 3. The topological polar surface area (TPSA) is 43.3 Å². The molecule has 86 valence electrons. The van der Waals surface area contributed by atoms with Crippen molar-refractivity contribution in [3.8, 4) is 0 Å². The van der Waals surface area contributed by atoms with Gasteiger partial charge in [-0.3, -0.25) is 0 Å². The zero-order valence-corrected chi connectivity index (χ0v) is 8.33. The number of aromatic nitrogens is 2. The summed E-state index contributed by atoms with van der Waals surface area (Å²) in [6, 6.07) is 2.40. The van der Waals surface area contributed by atoms with Crippen LogP contribution in [-0.2, 0) is 12.6 Å². The number of hydrogen-bond acceptors (Lipinski definition) is 2. The highest BCUT2D eigenvalue weighted by Crippen LogP contribution is 2.32. The van der Waals surface area contributed by atoms with E-state index in [0.717, 1.165) is 6.07 Å². The predicted molar refractivity (Wildman–Crippen MR) is 53.0 cm³/mol. The Morgan fingerprint density at radius 1 is 1.38 bits per heavy atom. The molecule has 2 heterocycles. The minimum Gasteiger partial charge on any atom is -0.330 e. The molecule has 0 spiro atoms. The lowest BCUT2D eigenvalue weighted by molar-refractivity contribution is -0.136. The van der Waals surface area contributed by atoms with E-state index in [1.54, 1.807) is 6.20 Å². The van der Waals surface area contributed by atoms with Gasteiger partial charge in [0.05, 0.1) is 17.3 Å². The van der Waals surface area contributed by atoms with Crippen molar-refractivity contribution in [1.82, 2.24) is 9.38 Å². The molecule has 2 aromatic rings. The summed E-state index contributed by atoms with van der Waals surface area (Å²) in [5.41, 5.74) is 4.75. The summed E-state index contributed by atoms with van der Waals surface area (Å²) in [4.78, 5) is 3.94. The Bertz CT molecular complexity index is 501. The van der Waals surface area contributed by atoms with Gasteiger partial charge in [0.1, 0.15) is 5.82 Å². The van der Waals surface area contributed by atoms with Crippen LogP contribution in [0.1, 0.15) is 11.4 Å². The van der Waals surface area contributed by atoms with Gasteiger partial charge in [0, 0.05) is 12.6 Å². The van der Waals surface area contributed by atoms with Gasteiger partial charge in [0.25, 0.3) is 0 Å². The molecule has 0 saturated heterocycles. The van der Waals surface area contributed by atoms with E-state index in [4.69, 9.17) is 5.73 Å². The van der Waals surface area contributed by atoms with Gasteiger partial charge in [-0.15, -0.1) is 0 Å². The van der Waals surface area contributed by atoms with Crippen molar-refractivity contribution >= 4 is 5.52 Å². The largest absolute Gasteiger partial charge is 0.418 e. The Labute approximate surface area is 89.7 Å². The van der Waals surface area contributed by atoms with E-state index in [0.29, 0.717) is 18.8 Å². The zero-order chi connectivity index (χ0) is 11.8. The third-order valence-electron chi connectivity index (χ3n) is 2.32.